The lowest BCUT2D eigenvalue weighted by atomic mass is 10.2. The molecule has 8 nitrogen and oxygen atoms in total. The van der Waals surface area contributed by atoms with Crippen LogP contribution in [0, 0.1) is 0 Å². The highest BCUT2D eigenvalue weighted by Crippen LogP contribution is 2.27. The molecule has 1 aromatic rings. The molecule has 0 saturated carbocycles. The second kappa shape index (κ2) is 7.71. The molecule has 0 radical (unpaired) electrons. The Labute approximate surface area is 147 Å². The summed E-state index contributed by atoms with van der Waals surface area (Å²) in [5.41, 5.74) is 0. The molecule has 0 unspecified atom stereocenters. The fourth-order valence-corrected chi connectivity index (χ4v) is 4.83. The summed E-state index contributed by atoms with van der Waals surface area (Å²) in [6.45, 7) is 1.71. The molecule has 1 heterocycles. The first-order valence-corrected chi connectivity index (χ1v) is 11.1. The molecule has 10 heteroatoms. The molecule has 0 bridgehead atoms. The number of hydrogen-bond acceptors (Lipinski definition) is 6. The lowest BCUT2D eigenvalue weighted by molar-refractivity contribution is -0.140. The van der Waals surface area contributed by atoms with Gasteiger partial charge in [0.05, 0.1) is 10.6 Å². The Bertz CT molecular complexity index is 816. The summed E-state index contributed by atoms with van der Waals surface area (Å²) in [7, 11) is -7.03. The number of carboxylic acids is 1. The van der Waals surface area contributed by atoms with E-state index in [9.17, 15) is 21.6 Å². The van der Waals surface area contributed by atoms with Crippen LogP contribution in [0.2, 0.25) is 0 Å². The first kappa shape index (κ1) is 19.7. The van der Waals surface area contributed by atoms with Gasteiger partial charge in [-0.25, -0.2) is 16.8 Å². The Balaban J connectivity index is 2.07. The summed E-state index contributed by atoms with van der Waals surface area (Å²) in [4.78, 5) is 11.2. The number of rotatable bonds is 8. The topological polar surface area (TPSA) is 118 Å². The zero-order chi connectivity index (χ0) is 18.7. The molecule has 1 aliphatic rings. The second-order valence-corrected chi connectivity index (χ2v) is 10.0. The van der Waals surface area contributed by atoms with E-state index >= 15 is 0 Å². The number of aliphatic carboxylic acids is 1. The SMILES string of the molecule is CCS(=O)(=O)CCOc1ccc(S(=O)(=O)N2CCC[C@@H]2C(=O)O)cc1. The normalized spacial score (nSPS) is 19.0. The molecule has 2 rings (SSSR count). The van der Waals surface area contributed by atoms with Crippen LogP contribution in [0.5, 0.6) is 5.75 Å². The highest BCUT2D eigenvalue weighted by molar-refractivity contribution is 7.91. The van der Waals surface area contributed by atoms with Gasteiger partial charge in [0.2, 0.25) is 10.0 Å². The Morgan fingerprint density at radius 3 is 2.44 bits per heavy atom. The number of benzene rings is 1. The smallest absolute Gasteiger partial charge is 0.322 e. The summed E-state index contributed by atoms with van der Waals surface area (Å²) >= 11 is 0. The molecule has 0 amide bonds. The average Bonchev–Trinajstić information content (AvgIpc) is 3.06. The molecule has 1 N–H and O–H groups in total. The number of ether oxygens (including phenoxy) is 1. The van der Waals surface area contributed by atoms with Gasteiger partial charge in [-0.05, 0) is 37.1 Å². The van der Waals surface area contributed by atoms with Crippen molar-refractivity contribution in [2.45, 2.75) is 30.7 Å². The molecular weight excluding hydrogens is 370 g/mol. The molecule has 1 aromatic carbocycles. The molecular formula is C15H21NO7S2. The monoisotopic (exact) mass is 391 g/mol. The van der Waals surface area contributed by atoms with E-state index in [-0.39, 0.29) is 29.6 Å². The van der Waals surface area contributed by atoms with Crippen molar-refractivity contribution in [2.75, 3.05) is 24.7 Å². The van der Waals surface area contributed by atoms with Gasteiger partial charge in [-0.1, -0.05) is 6.92 Å². The summed E-state index contributed by atoms with van der Waals surface area (Å²) in [5.74, 6) is -0.884. The summed E-state index contributed by atoms with van der Waals surface area (Å²) < 4.78 is 54.3. The van der Waals surface area contributed by atoms with E-state index in [1.807, 2.05) is 0 Å². The van der Waals surface area contributed by atoms with Crippen molar-refractivity contribution in [3.05, 3.63) is 24.3 Å². The standard InChI is InChI=1S/C15H21NO7S2/c1-2-24(19,20)11-10-23-12-5-7-13(8-6-12)25(21,22)16-9-3-4-14(16)15(17)18/h5-8,14H,2-4,9-11H2,1H3,(H,17,18)/t14-/m1/s1. The molecule has 1 fully saturated rings. The molecule has 1 atom stereocenters. The van der Waals surface area contributed by atoms with Gasteiger partial charge in [0.15, 0.2) is 9.84 Å². The van der Waals surface area contributed by atoms with Gasteiger partial charge in [-0.3, -0.25) is 4.79 Å². The van der Waals surface area contributed by atoms with Gasteiger partial charge in [-0.15, -0.1) is 0 Å². The second-order valence-electron chi connectivity index (χ2n) is 5.67. The van der Waals surface area contributed by atoms with Gasteiger partial charge in [-0.2, -0.15) is 4.31 Å². The summed E-state index contributed by atoms with van der Waals surface area (Å²) in [5, 5.41) is 9.15. The van der Waals surface area contributed by atoms with Crippen molar-refractivity contribution in [1.82, 2.24) is 4.31 Å². The van der Waals surface area contributed by atoms with Crippen LogP contribution in [0.4, 0.5) is 0 Å². The Morgan fingerprint density at radius 1 is 1.24 bits per heavy atom. The minimum Gasteiger partial charge on any atom is -0.493 e. The quantitative estimate of drug-likeness (QED) is 0.694. The Kier molecular flexibility index (Phi) is 6.07. The maximum absolute atomic E-state index is 12.6. The molecule has 25 heavy (non-hydrogen) atoms. The number of sulfonamides is 1. The largest absolute Gasteiger partial charge is 0.493 e. The molecule has 140 valence electrons. The van der Waals surface area contributed by atoms with Crippen molar-refractivity contribution in [2.24, 2.45) is 0 Å². The van der Waals surface area contributed by atoms with Crippen LogP contribution in [-0.4, -0.2) is 62.9 Å². The van der Waals surface area contributed by atoms with E-state index in [2.05, 4.69) is 0 Å². The van der Waals surface area contributed by atoms with Crippen LogP contribution in [0.15, 0.2) is 29.2 Å². The zero-order valence-electron chi connectivity index (χ0n) is 13.8. The van der Waals surface area contributed by atoms with Crippen LogP contribution in [-0.2, 0) is 24.7 Å². The molecule has 0 aromatic heterocycles. The molecule has 0 spiro atoms. The van der Waals surface area contributed by atoms with Crippen molar-refractivity contribution in [3.63, 3.8) is 0 Å². The van der Waals surface area contributed by atoms with Crippen LogP contribution in [0.3, 0.4) is 0 Å². The van der Waals surface area contributed by atoms with Crippen molar-refractivity contribution in [1.29, 1.82) is 0 Å². The summed E-state index contributed by atoms with van der Waals surface area (Å²) in [6.07, 6.45) is 0.797. The van der Waals surface area contributed by atoms with E-state index < -0.39 is 31.9 Å². The number of carboxylic acid groups (broad SMARTS) is 1. The van der Waals surface area contributed by atoms with Crippen LogP contribution in [0.1, 0.15) is 19.8 Å². The van der Waals surface area contributed by atoms with Crippen molar-refractivity contribution >= 4 is 25.8 Å². The van der Waals surface area contributed by atoms with Crippen LogP contribution in [0.25, 0.3) is 0 Å². The Morgan fingerprint density at radius 2 is 1.88 bits per heavy atom. The highest BCUT2D eigenvalue weighted by Gasteiger charge is 2.39. The van der Waals surface area contributed by atoms with Gasteiger partial charge in [0, 0.05) is 12.3 Å². The molecule has 0 aliphatic carbocycles. The molecule has 1 aliphatic heterocycles. The lowest BCUT2D eigenvalue weighted by Crippen LogP contribution is -2.40. The van der Waals surface area contributed by atoms with Gasteiger partial charge < -0.3 is 9.84 Å². The fraction of sp³-hybridized carbons (Fsp3) is 0.533. The number of sulfone groups is 1. The number of hydrogen-bond donors (Lipinski definition) is 1. The van der Waals surface area contributed by atoms with Crippen molar-refractivity contribution in [3.8, 4) is 5.75 Å². The maximum atomic E-state index is 12.6. The predicted octanol–water partition coefficient (Wildman–Crippen LogP) is 0.738. The van der Waals surface area contributed by atoms with E-state index in [0.717, 1.165) is 4.31 Å². The van der Waals surface area contributed by atoms with Gasteiger partial charge in [0.1, 0.15) is 18.4 Å². The third kappa shape index (κ3) is 4.71. The van der Waals surface area contributed by atoms with Crippen LogP contribution < -0.4 is 4.74 Å². The van der Waals surface area contributed by atoms with Crippen molar-refractivity contribution < 1.29 is 31.5 Å². The first-order chi connectivity index (χ1) is 11.7. The average molecular weight is 391 g/mol. The first-order valence-electron chi connectivity index (χ1n) is 7.85. The Hall–Kier alpha value is -1.65. The van der Waals surface area contributed by atoms with E-state index in [1.165, 1.54) is 24.3 Å². The van der Waals surface area contributed by atoms with Gasteiger partial charge in [0.25, 0.3) is 0 Å². The van der Waals surface area contributed by atoms with E-state index in [4.69, 9.17) is 9.84 Å². The van der Waals surface area contributed by atoms with E-state index in [0.29, 0.717) is 18.6 Å². The lowest BCUT2D eigenvalue weighted by Gasteiger charge is -2.21. The third-order valence-corrected chi connectivity index (χ3v) is 7.61. The fourth-order valence-electron chi connectivity index (χ4n) is 2.55. The molecule has 1 saturated heterocycles. The minimum atomic E-state index is -3.90. The zero-order valence-corrected chi connectivity index (χ0v) is 15.4. The van der Waals surface area contributed by atoms with Gasteiger partial charge >= 0.3 is 5.97 Å². The van der Waals surface area contributed by atoms with Crippen LogP contribution >= 0.6 is 0 Å². The number of nitrogens with zero attached hydrogens (tertiary/aromatic N) is 1. The van der Waals surface area contributed by atoms with E-state index in [1.54, 1.807) is 6.92 Å². The number of carbonyl (C=O) groups is 1. The third-order valence-electron chi connectivity index (χ3n) is 4.02. The minimum absolute atomic E-state index is 0.0184. The summed E-state index contributed by atoms with van der Waals surface area (Å²) in [6, 6.07) is 4.47. The predicted molar refractivity (Wildman–Crippen MR) is 90.8 cm³/mol. The maximum Gasteiger partial charge on any atom is 0.322 e. The highest BCUT2D eigenvalue weighted by atomic mass is 32.2.